The minimum Gasteiger partial charge on any atom is -0.325 e. The van der Waals surface area contributed by atoms with Crippen LogP contribution in [0.25, 0.3) is 0 Å². The minimum atomic E-state index is -4.55. The highest BCUT2D eigenvalue weighted by Gasteiger charge is 2.53. The maximum atomic E-state index is 12.9. The predicted octanol–water partition coefficient (Wildman–Crippen LogP) is 3.32. The Morgan fingerprint density at radius 3 is 2.44 bits per heavy atom. The molecular weight excluding hydrogens is 473 g/mol. The number of imide groups is 1. The number of rotatable bonds is 5. The average Bonchev–Trinajstić information content (AvgIpc) is 3.34. The van der Waals surface area contributed by atoms with Gasteiger partial charge in [-0.05, 0) is 48.6 Å². The number of anilines is 2. The van der Waals surface area contributed by atoms with E-state index < -0.39 is 47.6 Å². The highest BCUT2D eigenvalue weighted by atomic mass is 32.2. The normalized spacial score (nSPS) is 19.9. The lowest BCUT2D eigenvalue weighted by Gasteiger charge is -2.19. The summed E-state index contributed by atoms with van der Waals surface area (Å²) in [5.41, 5.74) is -1.58. The number of thioether (sulfide) groups is 1. The van der Waals surface area contributed by atoms with Gasteiger partial charge in [0.05, 0.1) is 5.56 Å². The van der Waals surface area contributed by atoms with Gasteiger partial charge in [-0.15, -0.1) is 0 Å². The molecule has 1 spiro atoms. The van der Waals surface area contributed by atoms with Gasteiger partial charge >= 0.3 is 12.2 Å². The Hall–Kier alpha value is -3.54. The van der Waals surface area contributed by atoms with Gasteiger partial charge in [-0.25, -0.2) is 4.79 Å². The van der Waals surface area contributed by atoms with Crippen molar-refractivity contribution >= 4 is 46.9 Å². The molecule has 178 valence electrons. The zero-order valence-corrected chi connectivity index (χ0v) is 18.4. The molecule has 8 nitrogen and oxygen atoms in total. The van der Waals surface area contributed by atoms with Crippen LogP contribution in [0.5, 0.6) is 0 Å². The summed E-state index contributed by atoms with van der Waals surface area (Å²) in [4.78, 5) is 50.7. The molecule has 2 aliphatic rings. The van der Waals surface area contributed by atoms with Crippen LogP contribution in [0.1, 0.15) is 22.3 Å². The van der Waals surface area contributed by atoms with Gasteiger partial charge in [0.15, 0.2) is 0 Å². The van der Waals surface area contributed by atoms with Crippen LogP contribution < -0.4 is 16.0 Å². The van der Waals surface area contributed by atoms with Crippen LogP contribution in [0.2, 0.25) is 0 Å². The van der Waals surface area contributed by atoms with Crippen LogP contribution in [0.15, 0.2) is 48.5 Å². The van der Waals surface area contributed by atoms with Gasteiger partial charge in [0.2, 0.25) is 5.91 Å². The molecule has 34 heavy (non-hydrogen) atoms. The van der Waals surface area contributed by atoms with Crippen LogP contribution in [-0.4, -0.2) is 52.2 Å². The van der Waals surface area contributed by atoms with E-state index in [0.717, 1.165) is 22.8 Å². The number of halogens is 3. The van der Waals surface area contributed by atoms with Gasteiger partial charge in [0.1, 0.15) is 12.1 Å². The lowest BCUT2D eigenvalue weighted by Crippen LogP contribution is -2.47. The number of benzene rings is 2. The van der Waals surface area contributed by atoms with E-state index in [4.69, 9.17) is 0 Å². The molecule has 2 fully saturated rings. The summed E-state index contributed by atoms with van der Waals surface area (Å²) < 4.78 is 38.6. The monoisotopic (exact) mass is 492 g/mol. The number of nitrogens with one attached hydrogen (secondary N) is 3. The number of hydrogen-bond donors (Lipinski definition) is 3. The molecule has 4 rings (SSSR count). The molecule has 0 saturated carbocycles. The maximum Gasteiger partial charge on any atom is 0.416 e. The second kappa shape index (κ2) is 9.01. The van der Waals surface area contributed by atoms with Gasteiger partial charge in [-0.2, -0.15) is 24.9 Å². The molecule has 1 unspecified atom stereocenters. The predicted molar refractivity (Wildman–Crippen MR) is 119 cm³/mol. The molecule has 1 atom stereocenters. The van der Waals surface area contributed by atoms with Crippen molar-refractivity contribution < 1.29 is 32.3 Å². The molecule has 2 heterocycles. The van der Waals surface area contributed by atoms with Crippen molar-refractivity contribution in [2.45, 2.75) is 18.1 Å². The first kappa shape index (κ1) is 23.6. The number of nitrogens with zero attached hydrogens (tertiary/aromatic N) is 1. The van der Waals surface area contributed by atoms with Gasteiger partial charge in [-0.1, -0.05) is 12.1 Å². The van der Waals surface area contributed by atoms with Crippen molar-refractivity contribution in [3.05, 3.63) is 59.7 Å². The quantitative estimate of drug-likeness (QED) is 0.555. The zero-order chi connectivity index (χ0) is 24.5. The van der Waals surface area contributed by atoms with E-state index in [0.29, 0.717) is 12.2 Å². The smallest absolute Gasteiger partial charge is 0.325 e. The second-order valence-corrected chi connectivity index (χ2v) is 8.97. The molecule has 0 aromatic heterocycles. The van der Waals surface area contributed by atoms with E-state index in [-0.39, 0.29) is 16.9 Å². The summed E-state index contributed by atoms with van der Waals surface area (Å²) in [6, 6.07) is 9.33. The fourth-order valence-electron chi connectivity index (χ4n) is 3.71. The summed E-state index contributed by atoms with van der Waals surface area (Å²) in [5.74, 6) is -0.557. The largest absolute Gasteiger partial charge is 0.416 e. The van der Waals surface area contributed by atoms with Crippen molar-refractivity contribution in [3.8, 4) is 0 Å². The van der Waals surface area contributed by atoms with Crippen LogP contribution in [0.4, 0.5) is 29.3 Å². The third kappa shape index (κ3) is 4.86. The molecule has 2 saturated heterocycles. The van der Waals surface area contributed by atoms with Crippen molar-refractivity contribution in [3.63, 3.8) is 0 Å². The molecule has 2 aromatic rings. The third-order valence-electron chi connectivity index (χ3n) is 5.43. The summed E-state index contributed by atoms with van der Waals surface area (Å²) >= 11 is 1.55. The Labute approximate surface area is 196 Å². The van der Waals surface area contributed by atoms with E-state index in [1.54, 1.807) is 11.8 Å². The summed E-state index contributed by atoms with van der Waals surface area (Å²) in [6.45, 7) is -0.488. The van der Waals surface area contributed by atoms with Crippen molar-refractivity contribution in [1.29, 1.82) is 0 Å². The number of urea groups is 1. The Kier molecular flexibility index (Phi) is 6.26. The molecule has 5 amide bonds. The van der Waals surface area contributed by atoms with Gasteiger partial charge in [-0.3, -0.25) is 19.3 Å². The van der Waals surface area contributed by atoms with Crippen molar-refractivity contribution in [1.82, 2.24) is 10.2 Å². The first-order valence-electron chi connectivity index (χ1n) is 10.2. The molecule has 2 aromatic carbocycles. The van der Waals surface area contributed by atoms with E-state index in [9.17, 15) is 32.3 Å². The van der Waals surface area contributed by atoms with Crippen LogP contribution in [0, 0.1) is 0 Å². The van der Waals surface area contributed by atoms with Gasteiger partial charge in [0.25, 0.3) is 11.8 Å². The maximum absolute atomic E-state index is 12.9. The molecule has 0 radical (unpaired) electrons. The van der Waals surface area contributed by atoms with Crippen LogP contribution in [0.3, 0.4) is 0 Å². The number of alkyl halides is 3. The van der Waals surface area contributed by atoms with Gasteiger partial charge in [0, 0.05) is 22.7 Å². The highest BCUT2D eigenvalue weighted by molar-refractivity contribution is 7.99. The molecule has 0 aliphatic carbocycles. The van der Waals surface area contributed by atoms with E-state index >= 15 is 0 Å². The third-order valence-corrected chi connectivity index (χ3v) is 6.62. The Balaban J connectivity index is 1.40. The van der Waals surface area contributed by atoms with Crippen molar-refractivity contribution in [2.75, 3.05) is 28.7 Å². The highest BCUT2D eigenvalue weighted by Crippen LogP contribution is 2.33. The Morgan fingerprint density at radius 1 is 1.06 bits per heavy atom. The van der Waals surface area contributed by atoms with Gasteiger partial charge < -0.3 is 16.0 Å². The molecule has 0 bridgehead atoms. The first-order chi connectivity index (χ1) is 16.1. The lowest BCUT2D eigenvalue weighted by molar-refractivity contribution is -0.137. The summed E-state index contributed by atoms with van der Waals surface area (Å²) in [7, 11) is 0. The van der Waals surface area contributed by atoms with E-state index in [1.807, 2.05) is 0 Å². The lowest BCUT2D eigenvalue weighted by atomic mass is 9.99. The van der Waals surface area contributed by atoms with Crippen molar-refractivity contribution in [2.24, 2.45) is 0 Å². The Bertz CT molecular complexity index is 1160. The average molecular weight is 492 g/mol. The second-order valence-electron chi connectivity index (χ2n) is 7.87. The fraction of sp³-hybridized carbons (Fsp3) is 0.273. The first-order valence-corrected chi connectivity index (χ1v) is 11.3. The summed E-state index contributed by atoms with van der Waals surface area (Å²) in [5, 5.41) is 7.59. The summed E-state index contributed by atoms with van der Waals surface area (Å²) in [6.07, 6.45) is -4.04. The fourth-order valence-corrected chi connectivity index (χ4v) is 5.04. The topological polar surface area (TPSA) is 108 Å². The number of carbonyl (C=O) groups excluding carboxylic acids is 4. The standard InChI is InChI=1S/C22H19F3N4O4S/c23-22(24,25)14-4-2-6-16(10-14)27-18(31)13-3-1-5-15(9-13)26-17(30)11-29-19(32)21(28-20(29)33)7-8-34-12-21/h1-6,9-10H,7-8,11-12H2,(H,26,30)(H,27,31)(H,28,33). The number of hydrogen-bond acceptors (Lipinski definition) is 5. The minimum absolute atomic E-state index is 0.0353. The van der Waals surface area contributed by atoms with Crippen LogP contribution in [-0.2, 0) is 15.8 Å². The number of carbonyl (C=O) groups is 4. The zero-order valence-electron chi connectivity index (χ0n) is 17.6. The molecule has 2 aliphatic heterocycles. The van der Waals surface area contributed by atoms with E-state index in [1.165, 1.54) is 36.4 Å². The number of amides is 5. The van der Waals surface area contributed by atoms with E-state index in [2.05, 4.69) is 16.0 Å². The molecule has 3 N–H and O–H groups in total. The molecular formula is C22H19F3N4O4S. The molecule has 12 heteroatoms. The van der Waals surface area contributed by atoms with Crippen LogP contribution >= 0.6 is 11.8 Å². The SMILES string of the molecule is O=C(CN1C(=O)NC2(CCSC2)C1=O)Nc1cccc(C(=O)Nc2cccc(C(F)(F)F)c2)c1. The Morgan fingerprint density at radius 2 is 1.76 bits per heavy atom.